The molecule has 0 radical (unpaired) electrons. The van der Waals surface area contributed by atoms with Gasteiger partial charge in [-0.1, -0.05) is 18.5 Å². The highest BCUT2D eigenvalue weighted by atomic mass is 35.5. The van der Waals surface area contributed by atoms with Crippen molar-refractivity contribution in [3.05, 3.63) is 47.0 Å². The fraction of sp³-hybridized carbons (Fsp3) is 0.409. The Morgan fingerprint density at radius 2 is 1.77 bits per heavy atom. The third-order valence-electron chi connectivity index (χ3n) is 5.47. The van der Waals surface area contributed by atoms with Crippen LogP contribution in [0.2, 0.25) is 5.02 Å². The van der Waals surface area contributed by atoms with E-state index in [0.29, 0.717) is 27.0 Å². The number of amides is 1. The van der Waals surface area contributed by atoms with E-state index in [0.717, 1.165) is 31.6 Å². The number of anilines is 1. The van der Waals surface area contributed by atoms with Crippen molar-refractivity contribution in [1.29, 1.82) is 0 Å². The molecule has 3 rings (SSSR count). The molecule has 31 heavy (non-hydrogen) atoms. The summed E-state index contributed by atoms with van der Waals surface area (Å²) in [7, 11) is -0.210. The molecule has 9 heteroatoms. The van der Waals surface area contributed by atoms with Crippen LogP contribution >= 0.6 is 11.6 Å². The molecule has 1 heterocycles. The first-order chi connectivity index (χ1) is 14.8. The Labute approximate surface area is 188 Å². The Balaban J connectivity index is 1.60. The zero-order chi connectivity index (χ0) is 22.6. The molecule has 1 aliphatic rings. The summed E-state index contributed by atoms with van der Waals surface area (Å²) in [5.74, 6) is 0.675. The summed E-state index contributed by atoms with van der Waals surface area (Å²) in [6.07, 6.45) is 1.56. The van der Waals surface area contributed by atoms with E-state index in [1.54, 1.807) is 31.2 Å². The molecular weight excluding hydrogens is 440 g/mol. The minimum atomic E-state index is -3.20. The van der Waals surface area contributed by atoms with Crippen LogP contribution < -0.4 is 19.7 Å². The summed E-state index contributed by atoms with van der Waals surface area (Å²) in [5.41, 5.74) is 1.39. The number of sulfone groups is 1. The van der Waals surface area contributed by atoms with Crippen molar-refractivity contribution >= 4 is 33.0 Å². The van der Waals surface area contributed by atoms with Gasteiger partial charge in [-0.05, 0) is 49.2 Å². The molecule has 0 aliphatic carbocycles. The van der Waals surface area contributed by atoms with Gasteiger partial charge in [-0.3, -0.25) is 4.79 Å². The second kappa shape index (κ2) is 9.78. The molecule has 168 valence electrons. The molecule has 7 nitrogen and oxygen atoms in total. The van der Waals surface area contributed by atoms with Crippen LogP contribution in [0.25, 0.3) is 0 Å². The van der Waals surface area contributed by atoms with Gasteiger partial charge in [-0.25, -0.2) is 8.42 Å². The monoisotopic (exact) mass is 466 g/mol. The zero-order valence-corrected chi connectivity index (χ0v) is 19.4. The first-order valence-electron chi connectivity index (χ1n) is 10.1. The van der Waals surface area contributed by atoms with Crippen LogP contribution in [-0.4, -0.2) is 53.4 Å². The lowest BCUT2D eigenvalue weighted by Gasteiger charge is -2.34. The Bertz CT molecular complexity index is 1030. The van der Waals surface area contributed by atoms with Gasteiger partial charge in [-0.15, -0.1) is 0 Å². The molecule has 1 saturated heterocycles. The summed E-state index contributed by atoms with van der Waals surface area (Å²) in [5, 5.41) is 3.38. The van der Waals surface area contributed by atoms with Crippen molar-refractivity contribution < 1.29 is 22.7 Å². The number of benzene rings is 2. The molecule has 0 spiro atoms. The highest BCUT2D eigenvalue weighted by Crippen LogP contribution is 2.36. The van der Waals surface area contributed by atoms with Crippen LogP contribution in [0.4, 0.5) is 5.69 Å². The third kappa shape index (κ3) is 5.25. The van der Waals surface area contributed by atoms with E-state index < -0.39 is 9.84 Å². The molecule has 0 unspecified atom stereocenters. The van der Waals surface area contributed by atoms with Gasteiger partial charge < -0.3 is 19.7 Å². The number of hydrogen-bond donors (Lipinski definition) is 1. The summed E-state index contributed by atoms with van der Waals surface area (Å²) < 4.78 is 34.4. The smallest absolute Gasteiger partial charge is 0.251 e. The molecule has 1 fully saturated rings. The van der Waals surface area contributed by atoms with Crippen LogP contribution in [0.1, 0.15) is 30.1 Å². The topological polar surface area (TPSA) is 84.9 Å². The number of nitrogens with one attached hydrogen (secondary N) is 1. The second-order valence-corrected chi connectivity index (χ2v) is 10.0. The number of rotatable bonds is 7. The van der Waals surface area contributed by atoms with Gasteiger partial charge in [0.15, 0.2) is 21.3 Å². The molecule has 1 N–H and O–H groups in total. The van der Waals surface area contributed by atoms with Crippen molar-refractivity contribution in [2.45, 2.75) is 30.7 Å². The average molecular weight is 467 g/mol. The summed E-state index contributed by atoms with van der Waals surface area (Å²) in [6.45, 7) is 3.16. The van der Waals surface area contributed by atoms with Gasteiger partial charge in [0.25, 0.3) is 5.91 Å². The second-order valence-electron chi connectivity index (χ2n) is 7.33. The quantitative estimate of drug-likeness (QED) is 0.671. The van der Waals surface area contributed by atoms with Gasteiger partial charge in [-0.2, -0.15) is 0 Å². The third-order valence-corrected chi connectivity index (χ3v) is 7.50. The lowest BCUT2D eigenvalue weighted by atomic mass is 10.0. The van der Waals surface area contributed by atoms with Crippen LogP contribution in [0, 0.1) is 0 Å². The number of ether oxygens (including phenoxy) is 2. The molecule has 1 amide bonds. The first-order valence-corrected chi connectivity index (χ1v) is 12.1. The maximum Gasteiger partial charge on any atom is 0.251 e. The number of carbonyl (C=O) groups excluding carboxylic acids is 1. The predicted octanol–water partition coefficient (Wildman–Crippen LogP) is 3.55. The maximum atomic E-state index is 12.7. The fourth-order valence-electron chi connectivity index (χ4n) is 3.63. The molecule has 0 aromatic heterocycles. The van der Waals surface area contributed by atoms with E-state index in [1.807, 2.05) is 12.1 Å². The summed E-state index contributed by atoms with van der Waals surface area (Å²) in [4.78, 5) is 15.2. The Kier molecular flexibility index (Phi) is 7.33. The predicted molar refractivity (Wildman–Crippen MR) is 121 cm³/mol. The Hall–Kier alpha value is -2.45. The van der Waals surface area contributed by atoms with E-state index in [4.69, 9.17) is 21.1 Å². The van der Waals surface area contributed by atoms with Crippen molar-refractivity contribution in [1.82, 2.24) is 5.32 Å². The average Bonchev–Trinajstić information content (AvgIpc) is 2.79. The lowest BCUT2D eigenvalue weighted by Crippen LogP contribution is -2.44. The van der Waals surface area contributed by atoms with Gasteiger partial charge in [0.05, 0.1) is 29.9 Å². The largest absolute Gasteiger partial charge is 0.493 e. The zero-order valence-electron chi connectivity index (χ0n) is 17.9. The fourth-order valence-corrected chi connectivity index (χ4v) is 4.80. The molecule has 1 aliphatic heterocycles. The highest BCUT2D eigenvalue weighted by Gasteiger charge is 2.23. The first kappa shape index (κ1) is 23.2. The number of methoxy groups -OCH3 is 2. The number of nitrogens with zero attached hydrogens (tertiary/aromatic N) is 1. The van der Waals surface area contributed by atoms with Crippen LogP contribution in [0.15, 0.2) is 41.3 Å². The molecule has 0 bridgehead atoms. The van der Waals surface area contributed by atoms with Gasteiger partial charge >= 0.3 is 0 Å². The number of piperidine rings is 1. The minimum Gasteiger partial charge on any atom is -0.493 e. The molecule has 2 aromatic carbocycles. The Morgan fingerprint density at radius 3 is 2.32 bits per heavy atom. The van der Waals surface area contributed by atoms with Crippen LogP contribution in [-0.2, 0) is 9.84 Å². The van der Waals surface area contributed by atoms with E-state index in [9.17, 15) is 13.2 Å². The standard InChI is InChI=1S/C22H27ClN2O5S/c1-4-31(27,28)18-7-5-17(6-8-18)25-11-9-16(10-12-25)24-22(26)15-13-19(23)21(30-3)20(14-15)29-2/h5-8,13-14,16H,4,9-12H2,1-3H3,(H,24,26). The van der Waals surface area contributed by atoms with Crippen molar-refractivity contribution in [2.24, 2.45) is 0 Å². The highest BCUT2D eigenvalue weighted by molar-refractivity contribution is 7.91. The van der Waals surface area contributed by atoms with Gasteiger partial charge in [0, 0.05) is 30.4 Å². The van der Waals surface area contributed by atoms with E-state index >= 15 is 0 Å². The van der Waals surface area contributed by atoms with Crippen molar-refractivity contribution in [2.75, 3.05) is 38.0 Å². The van der Waals surface area contributed by atoms with Crippen LogP contribution in [0.3, 0.4) is 0 Å². The van der Waals surface area contributed by atoms with Crippen molar-refractivity contribution in [3.63, 3.8) is 0 Å². The summed E-state index contributed by atoms with van der Waals surface area (Å²) >= 11 is 6.21. The molecule has 0 saturated carbocycles. The van der Waals surface area contributed by atoms with E-state index in [2.05, 4.69) is 10.2 Å². The molecular formula is C22H27ClN2O5S. The van der Waals surface area contributed by atoms with Gasteiger partial charge in [0.1, 0.15) is 0 Å². The number of carbonyl (C=O) groups is 1. The molecule has 2 aromatic rings. The maximum absolute atomic E-state index is 12.7. The summed E-state index contributed by atoms with van der Waals surface area (Å²) in [6, 6.07) is 10.2. The number of halogens is 1. The van der Waals surface area contributed by atoms with Crippen molar-refractivity contribution in [3.8, 4) is 11.5 Å². The molecule has 0 atom stereocenters. The normalized spacial score (nSPS) is 14.9. The SMILES string of the molecule is CCS(=O)(=O)c1ccc(N2CCC(NC(=O)c3cc(Cl)c(OC)c(OC)c3)CC2)cc1. The van der Waals surface area contributed by atoms with Crippen LogP contribution in [0.5, 0.6) is 11.5 Å². The lowest BCUT2D eigenvalue weighted by molar-refractivity contribution is 0.0930. The number of hydrogen-bond acceptors (Lipinski definition) is 6. The Morgan fingerprint density at radius 1 is 1.13 bits per heavy atom. The van der Waals surface area contributed by atoms with E-state index in [-0.39, 0.29) is 17.7 Å². The van der Waals surface area contributed by atoms with E-state index in [1.165, 1.54) is 14.2 Å². The minimum absolute atomic E-state index is 0.0374. The van der Waals surface area contributed by atoms with Gasteiger partial charge in [0.2, 0.25) is 0 Å².